The molecular formula is C18H17FN4O3S. The Morgan fingerprint density at radius 3 is 2.78 bits per heavy atom. The second-order valence-corrected chi connectivity index (χ2v) is 6.46. The number of hydrogen-bond donors (Lipinski definition) is 1. The lowest BCUT2D eigenvalue weighted by Crippen LogP contribution is -2.16. The molecule has 140 valence electrons. The fraction of sp³-hybridized carbons (Fsp3) is 0.222. The molecule has 0 atom stereocenters. The molecule has 0 spiro atoms. The van der Waals surface area contributed by atoms with Crippen molar-refractivity contribution >= 4 is 17.2 Å². The van der Waals surface area contributed by atoms with Gasteiger partial charge in [0, 0.05) is 11.3 Å². The third-order valence-electron chi connectivity index (χ3n) is 3.74. The zero-order valence-corrected chi connectivity index (χ0v) is 15.8. The highest BCUT2D eigenvalue weighted by Gasteiger charge is 2.25. The largest absolute Gasteiger partial charge is 0.496 e. The standard InChI is InChI=1S/C18H17FN4O3S/c1-4-26-18-23-22-17(27-18)15-14(16(20)24)10(8-9(2)21-15)13-11(19)6-5-7-12(13)25-3/h5-8H,4H2,1-3H3,(H2,20,24). The van der Waals surface area contributed by atoms with Crippen molar-refractivity contribution < 1.29 is 18.7 Å². The average molecular weight is 388 g/mol. The molecule has 3 rings (SSSR count). The number of aryl methyl sites for hydroxylation is 1. The number of carbonyl (C=O) groups is 1. The number of ether oxygens (including phenoxy) is 2. The van der Waals surface area contributed by atoms with Crippen molar-refractivity contribution in [3.05, 3.63) is 41.3 Å². The minimum Gasteiger partial charge on any atom is -0.496 e. The van der Waals surface area contributed by atoms with Crippen molar-refractivity contribution in [2.24, 2.45) is 5.73 Å². The first-order valence-electron chi connectivity index (χ1n) is 8.07. The Kier molecular flexibility index (Phi) is 5.31. The molecule has 9 heteroatoms. The van der Waals surface area contributed by atoms with Crippen LogP contribution >= 0.6 is 11.3 Å². The minimum absolute atomic E-state index is 0.0446. The number of rotatable bonds is 6. The highest BCUT2D eigenvalue weighted by Crippen LogP contribution is 2.39. The summed E-state index contributed by atoms with van der Waals surface area (Å²) in [6.45, 7) is 3.98. The first kappa shape index (κ1) is 18.7. The molecule has 0 aliphatic carbocycles. The van der Waals surface area contributed by atoms with Gasteiger partial charge in [-0.15, -0.1) is 5.10 Å². The lowest BCUT2D eigenvalue weighted by molar-refractivity contribution is 0.100. The van der Waals surface area contributed by atoms with E-state index in [2.05, 4.69) is 15.2 Å². The maximum Gasteiger partial charge on any atom is 0.294 e. The Hall–Kier alpha value is -3.07. The number of hydrogen-bond acceptors (Lipinski definition) is 7. The second kappa shape index (κ2) is 7.67. The number of methoxy groups -OCH3 is 1. The molecule has 27 heavy (non-hydrogen) atoms. The number of amides is 1. The summed E-state index contributed by atoms with van der Waals surface area (Å²) in [5, 5.41) is 8.66. The average Bonchev–Trinajstić information content (AvgIpc) is 3.09. The van der Waals surface area contributed by atoms with Gasteiger partial charge in [-0.2, -0.15) is 0 Å². The number of aromatic nitrogens is 3. The number of benzene rings is 1. The van der Waals surface area contributed by atoms with Crippen LogP contribution in [0.2, 0.25) is 0 Å². The van der Waals surface area contributed by atoms with E-state index >= 15 is 0 Å². The highest BCUT2D eigenvalue weighted by atomic mass is 32.1. The van der Waals surface area contributed by atoms with Gasteiger partial charge < -0.3 is 15.2 Å². The van der Waals surface area contributed by atoms with Crippen molar-refractivity contribution in [2.45, 2.75) is 13.8 Å². The summed E-state index contributed by atoms with van der Waals surface area (Å²) in [6, 6.07) is 6.01. The predicted octanol–water partition coefficient (Wildman–Crippen LogP) is 3.22. The van der Waals surface area contributed by atoms with Crippen LogP contribution in [0, 0.1) is 12.7 Å². The van der Waals surface area contributed by atoms with Crippen LogP contribution in [0.5, 0.6) is 10.9 Å². The van der Waals surface area contributed by atoms with E-state index in [0.29, 0.717) is 22.5 Å². The Labute approximate surface area is 159 Å². The fourth-order valence-electron chi connectivity index (χ4n) is 2.70. The quantitative estimate of drug-likeness (QED) is 0.696. The van der Waals surface area contributed by atoms with E-state index < -0.39 is 11.7 Å². The van der Waals surface area contributed by atoms with E-state index in [-0.39, 0.29) is 28.1 Å². The third kappa shape index (κ3) is 3.59. The molecule has 0 fully saturated rings. The molecule has 0 saturated carbocycles. The Morgan fingerprint density at radius 2 is 2.11 bits per heavy atom. The summed E-state index contributed by atoms with van der Waals surface area (Å²) in [4.78, 5) is 16.7. The molecule has 7 nitrogen and oxygen atoms in total. The zero-order valence-electron chi connectivity index (χ0n) is 14.9. The first-order chi connectivity index (χ1) is 13.0. The SMILES string of the molecule is CCOc1nnc(-c2nc(C)cc(-c3c(F)cccc3OC)c2C(N)=O)s1. The van der Waals surface area contributed by atoms with Gasteiger partial charge in [0.2, 0.25) is 0 Å². The molecule has 2 heterocycles. The van der Waals surface area contributed by atoms with Crippen LogP contribution in [0.25, 0.3) is 21.8 Å². The number of nitrogens with zero attached hydrogens (tertiary/aromatic N) is 3. The van der Waals surface area contributed by atoms with Crippen LogP contribution in [0.1, 0.15) is 23.0 Å². The molecule has 0 unspecified atom stereocenters. The number of nitrogens with two attached hydrogens (primary N) is 1. The van der Waals surface area contributed by atoms with Gasteiger partial charge in [-0.1, -0.05) is 22.5 Å². The topological polar surface area (TPSA) is 100 Å². The van der Waals surface area contributed by atoms with Crippen molar-refractivity contribution in [1.82, 2.24) is 15.2 Å². The summed E-state index contributed by atoms with van der Waals surface area (Å²) in [5.74, 6) is -1.02. The van der Waals surface area contributed by atoms with E-state index in [1.165, 1.54) is 19.2 Å². The Bertz CT molecular complexity index is 1010. The van der Waals surface area contributed by atoms with Gasteiger partial charge in [-0.05, 0) is 32.0 Å². The van der Waals surface area contributed by atoms with Gasteiger partial charge in [0.15, 0.2) is 5.01 Å². The molecular weight excluding hydrogens is 371 g/mol. The van der Waals surface area contributed by atoms with Crippen molar-refractivity contribution in [3.8, 4) is 32.8 Å². The molecule has 2 N–H and O–H groups in total. The lowest BCUT2D eigenvalue weighted by atomic mass is 9.96. The van der Waals surface area contributed by atoms with E-state index in [4.69, 9.17) is 15.2 Å². The van der Waals surface area contributed by atoms with Crippen LogP contribution in [0.4, 0.5) is 4.39 Å². The van der Waals surface area contributed by atoms with Gasteiger partial charge in [-0.25, -0.2) is 9.37 Å². The molecule has 0 radical (unpaired) electrons. The van der Waals surface area contributed by atoms with E-state index in [1.54, 1.807) is 19.1 Å². The van der Waals surface area contributed by atoms with Crippen LogP contribution in [-0.2, 0) is 0 Å². The summed E-state index contributed by atoms with van der Waals surface area (Å²) in [6.07, 6.45) is 0. The van der Waals surface area contributed by atoms with Gasteiger partial charge >= 0.3 is 0 Å². The molecule has 3 aromatic rings. The van der Waals surface area contributed by atoms with Gasteiger partial charge in [0.25, 0.3) is 11.1 Å². The minimum atomic E-state index is -0.758. The molecule has 0 bridgehead atoms. The molecule has 0 saturated heterocycles. The van der Waals surface area contributed by atoms with E-state index in [0.717, 1.165) is 11.3 Å². The fourth-order valence-corrected chi connectivity index (χ4v) is 3.45. The molecule has 0 aliphatic rings. The van der Waals surface area contributed by atoms with Crippen LogP contribution in [-0.4, -0.2) is 34.8 Å². The molecule has 1 aromatic carbocycles. The second-order valence-electron chi connectivity index (χ2n) is 5.52. The summed E-state index contributed by atoms with van der Waals surface area (Å²) in [7, 11) is 1.43. The number of halogens is 1. The van der Waals surface area contributed by atoms with Crippen molar-refractivity contribution in [3.63, 3.8) is 0 Å². The molecule has 0 aliphatic heterocycles. The molecule has 2 aromatic heterocycles. The number of carbonyl (C=O) groups excluding carboxylic acids is 1. The number of primary amides is 1. The van der Waals surface area contributed by atoms with Crippen LogP contribution < -0.4 is 15.2 Å². The first-order valence-corrected chi connectivity index (χ1v) is 8.88. The normalized spacial score (nSPS) is 10.7. The smallest absolute Gasteiger partial charge is 0.294 e. The highest BCUT2D eigenvalue weighted by molar-refractivity contribution is 7.16. The van der Waals surface area contributed by atoms with Crippen molar-refractivity contribution in [1.29, 1.82) is 0 Å². The van der Waals surface area contributed by atoms with E-state index in [9.17, 15) is 9.18 Å². The van der Waals surface area contributed by atoms with Crippen molar-refractivity contribution in [2.75, 3.05) is 13.7 Å². The predicted molar refractivity (Wildman–Crippen MR) is 99.5 cm³/mol. The molecule has 1 amide bonds. The van der Waals surface area contributed by atoms with Crippen LogP contribution in [0.3, 0.4) is 0 Å². The van der Waals surface area contributed by atoms with Gasteiger partial charge in [0.05, 0.1) is 24.8 Å². The van der Waals surface area contributed by atoms with Crippen LogP contribution in [0.15, 0.2) is 24.3 Å². The Morgan fingerprint density at radius 1 is 1.33 bits per heavy atom. The zero-order chi connectivity index (χ0) is 19.6. The maximum atomic E-state index is 14.6. The summed E-state index contributed by atoms with van der Waals surface area (Å²) in [5.41, 5.74) is 6.88. The van der Waals surface area contributed by atoms with E-state index in [1.807, 2.05) is 6.92 Å². The number of pyridine rings is 1. The van der Waals surface area contributed by atoms with Gasteiger partial charge in [0.1, 0.15) is 17.3 Å². The third-order valence-corrected chi connectivity index (χ3v) is 4.58. The lowest BCUT2D eigenvalue weighted by Gasteiger charge is -2.15. The summed E-state index contributed by atoms with van der Waals surface area (Å²) < 4.78 is 25.2. The Balaban J connectivity index is 2.31. The maximum absolute atomic E-state index is 14.6. The summed E-state index contributed by atoms with van der Waals surface area (Å²) >= 11 is 1.13. The monoisotopic (exact) mass is 388 g/mol. The van der Waals surface area contributed by atoms with Gasteiger partial charge in [-0.3, -0.25) is 4.79 Å².